The lowest BCUT2D eigenvalue weighted by molar-refractivity contribution is -0.134. The maximum Gasteiger partial charge on any atom is 0.266 e. The molecule has 0 atom stereocenters. The van der Waals surface area contributed by atoms with Gasteiger partial charge in [0.15, 0.2) is 5.16 Å². The summed E-state index contributed by atoms with van der Waals surface area (Å²) in [5, 5.41) is 4.14. The first-order valence-electron chi connectivity index (χ1n) is 10.3. The maximum atomic E-state index is 13.3. The van der Waals surface area contributed by atoms with Gasteiger partial charge in [0, 0.05) is 17.6 Å². The van der Waals surface area contributed by atoms with Crippen LogP contribution >= 0.6 is 23.4 Å². The van der Waals surface area contributed by atoms with Crippen LogP contribution in [0.5, 0.6) is 0 Å². The number of hydrogen-bond acceptors (Lipinski definition) is 5. The lowest BCUT2D eigenvalue weighted by atomic mass is 10.2. The highest BCUT2D eigenvalue weighted by atomic mass is 35.5. The number of fused-ring (bicyclic) bond motifs is 1. The van der Waals surface area contributed by atoms with Crippen molar-refractivity contribution in [3.63, 3.8) is 0 Å². The van der Waals surface area contributed by atoms with Crippen molar-refractivity contribution in [3.8, 4) is 5.69 Å². The fourth-order valence-electron chi connectivity index (χ4n) is 3.19. The molecular weight excluding hydrogens is 448 g/mol. The van der Waals surface area contributed by atoms with Crippen LogP contribution in [-0.4, -0.2) is 51.1 Å². The summed E-state index contributed by atoms with van der Waals surface area (Å²) in [6, 6.07) is 14.0. The van der Waals surface area contributed by atoms with Gasteiger partial charge in [0.2, 0.25) is 11.8 Å². The van der Waals surface area contributed by atoms with Crippen molar-refractivity contribution in [2.24, 2.45) is 0 Å². The minimum atomic E-state index is -0.239. The molecule has 1 aromatic heterocycles. The third-order valence-corrected chi connectivity index (χ3v) is 5.81. The number of rotatable bonds is 8. The van der Waals surface area contributed by atoms with E-state index in [-0.39, 0.29) is 35.7 Å². The van der Waals surface area contributed by atoms with E-state index in [4.69, 9.17) is 11.6 Å². The Kier molecular flexibility index (Phi) is 7.93. The van der Waals surface area contributed by atoms with Crippen LogP contribution in [0.3, 0.4) is 0 Å². The predicted octanol–water partition coefficient (Wildman–Crippen LogP) is 3.50. The summed E-state index contributed by atoms with van der Waals surface area (Å²) in [7, 11) is 0. The van der Waals surface area contributed by atoms with Crippen LogP contribution in [0.4, 0.5) is 0 Å². The van der Waals surface area contributed by atoms with E-state index in [2.05, 4.69) is 10.3 Å². The number of hydrogen-bond donors (Lipinski definition) is 1. The lowest BCUT2D eigenvalue weighted by Gasteiger charge is -2.21. The van der Waals surface area contributed by atoms with E-state index < -0.39 is 0 Å². The van der Waals surface area contributed by atoms with Crippen molar-refractivity contribution in [2.75, 3.05) is 18.8 Å². The molecule has 168 valence electrons. The van der Waals surface area contributed by atoms with E-state index in [1.165, 1.54) is 9.47 Å². The molecule has 3 aromatic rings. The Balaban J connectivity index is 1.91. The summed E-state index contributed by atoms with van der Waals surface area (Å²) in [6.45, 7) is 5.94. The van der Waals surface area contributed by atoms with Crippen LogP contribution in [-0.2, 0) is 9.59 Å². The SMILES string of the molecule is CCN(CC(=O)NC(C)C)C(=O)CSc1nc2ccccc2c(=O)n1-c1cccc(Cl)c1. The molecule has 0 fully saturated rings. The first-order chi connectivity index (χ1) is 15.3. The fraction of sp³-hybridized carbons (Fsp3) is 0.304. The molecule has 0 aliphatic rings. The van der Waals surface area contributed by atoms with Crippen LogP contribution in [0.1, 0.15) is 20.8 Å². The molecule has 32 heavy (non-hydrogen) atoms. The van der Waals surface area contributed by atoms with Gasteiger partial charge in [-0.3, -0.25) is 19.0 Å². The third kappa shape index (κ3) is 5.69. The lowest BCUT2D eigenvalue weighted by Crippen LogP contribution is -2.43. The number of carbonyl (C=O) groups is 2. The standard InChI is InChI=1S/C23H25ClN4O3S/c1-4-27(13-20(29)25-15(2)3)21(30)14-32-23-26-19-11-6-5-10-18(19)22(31)28(23)17-9-7-8-16(24)12-17/h5-12,15H,4,13-14H2,1-3H3,(H,25,29). The molecule has 1 N–H and O–H groups in total. The summed E-state index contributed by atoms with van der Waals surface area (Å²) in [6.07, 6.45) is 0. The Labute approximate surface area is 195 Å². The Morgan fingerprint density at radius 2 is 1.94 bits per heavy atom. The molecule has 7 nitrogen and oxygen atoms in total. The molecule has 0 radical (unpaired) electrons. The van der Waals surface area contributed by atoms with Gasteiger partial charge in [-0.15, -0.1) is 0 Å². The van der Waals surface area contributed by atoms with Crippen LogP contribution < -0.4 is 10.9 Å². The molecule has 0 aliphatic carbocycles. The van der Waals surface area contributed by atoms with Gasteiger partial charge in [0.25, 0.3) is 5.56 Å². The van der Waals surface area contributed by atoms with Gasteiger partial charge in [-0.25, -0.2) is 4.98 Å². The van der Waals surface area contributed by atoms with E-state index in [1.54, 1.807) is 42.5 Å². The second-order valence-electron chi connectivity index (χ2n) is 7.45. The van der Waals surface area contributed by atoms with Crippen molar-refractivity contribution in [1.82, 2.24) is 19.8 Å². The number of para-hydroxylation sites is 1. The first-order valence-corrected chi connectivity index (χ1v) is 11.6. The fourth-order valence-corrected chi connectivity index (χ4v) is 4.29. The quantitative estimate of drug-likeness (QED) is 0.400. The molecule has 0 aliphatic heterocycles. The Hall–Kier alpha value is -2.84. The summed E-state index contributed by atoms with van der Waals surface area (Å²) in [5.41, 5.74) is 0.880. The highest BCUT2D eigenvalue weighted by molar-refractivity contribution is 7.99. The van der Waals surface area contributed by atoms with E-state index in [1.807, 2.05) is 26.8 Å². The zero-order valence-corrected chi connectivity index (χ0v) is 19.7. The van der Waals surface area contributed by atoms with E-state index in [0.717, 1.165) is 11.8 Å². The number of carbonyl (C=O) groups excluding carboxylic acids is 2. The molecule has 9 heteroatoms. The topological polar surface area (TPSA) is 84.3 Å². The second kappa shape index (κ2) is 10.7. The Bertz CT molecular complexity index is 1200. The Morgan fingerprint density at radius 3 is 2.62 bits per heavy atom. The van der Waals surface area contributed by atoms with Crippen LogP contribution in [0, 0.1) is 0 Å². The van der Waals surface area contributed by atoms with Crippen LogP contribution in [0.2, 0.25) is 5.02 Å². The number of thioether (sulfide) groups is 1. The molecule has 0 saturated carbocycles. The van der Waals surface area contributed by atoms with Crippen molar-refractivity contribution in [3.05, 3.63) is 63.9 Å². The number of aromatic nitrogens is 2. The highest BCUT2D eigenvalue weighted by Gasteiger charge is 2.19. The number of likely N-dealkylation sites (N-methyl/N-ethyl adjacent to an activating group) is 1. The van der Waals surface area contributed by atoms with Crippen molar-refractivity contribution >= 4 is 46.1 Å². The largest absolute Gasteiger partial charge is 0.352 e. The number of amides is 2. The molecule has 3 rings (SSSR count). The van der Waals surface area contributed by atoms with E-state index in [0.29, 0.717) is 33.3 Å². The van der Waals surface area contributed by atoms with Gasteiger partial charge >= 0.3 is 0 Å². The molecule has 0 unspecified atom stereocenters. The normalized spacial score (nSPS) is 11.0. The van der Waals surface area contributed by atoms with E-state index in [9.17, 15) is 14.4 Å². The van der Waals surface area contributed by atoms with E-state index >= 15 is 0 Å². The molecule has 2 aromatic carbocycles. The minimum absolute atomic E-state index is 0.000358. The van der Waals surface area contributed by atoms with Crippen molar-refractivity contribution in [1.29, 1.82) is 0 Å². The third-order valence-electron chi connectivity index (χ3n) is 4.65. The number of nitrogens with one attached hydrogen (secondary N) is 1. The number of halogens is 1. The van der Waals surface area contributed by atoms with Gasteiger partial charge in [-0.1, -0.05) is 41.6 Å². The van der Waals surface area contributed by atoms with Crippen LogP contribution in [0.15, 0.2) is 58.5 Å². The van der Waals surface area contributed by atoms with Gasteiger partial charge in [-0.05, 0) is 51.1 Å². The molecule has 0 bridgehead atoms. The monoisotopic (exact) mass is 472 g/mol. The maximum absolute atomic E-state index is 13.3. The average molecular weight is 473 g/mol. The summed E-state index contributed by atoms with van der Waals surface area (Å²) >= 11 is 7.30. The van der Waals surface area contributed by atoms with Crippen molar-refractivity contribution < 1.29 is 9.59 Å². The average Bonchev–Trinajstić information content (AvgIpc) is 2.75. The summed E-state index contributed by atoms with van der Waals surface area (Å²) < 4.78 is 1.47. The second-order valence-corrected chi connectivity index (χ2v) is 8.83. The van der Waals surface area contributed by atoms with Gasteiger partial charge < -0.3 is 10.2 Å². The number of nitrogens with zero attached hydrogens (tertiary/aromatic N) is 3. The summed E-state index contributed by atoms with van der Waals surface area (Å²) in [5.74, 6) is -0.384. The zero-order valence-electron chi connectivity index (χ0n) is 18.2. The summed E-state index contributed by atoms with van der Waals surface area (Å²) in [4.78, 5) is 44.3. The smallest absolute Gasteiger partial charge is 0.266 e. The molecule has 0 spiro atoms. The zero-order chi connectivity index (χ0) is 23.3. The van der Waals surface area contributed by atoms with Gasteiger partial charge in [0.1, 0.15) is 0 Å². The Morgan fingerprint density at radius 1 is 1.19 bits per heavy atom. The molecule has 1 heterocycles. The van der Waals surface area contributed by atoms with Crippen molar-refractivity contribution in [2.45, 2.75) is 32.0 Å². The number of benzene rings is 2. The minimum Gasteiger partial charge on any atom is -0.352 e. The molecular formula is C23H25ClN4O3S. The van der Waals surface area contributed by atoms with Crippen LogP contribution in [0.25, 0.3) is 16.6 Å². The van der Waals surface area contributed by atoms with Gasteiger partial charge in [0.05, 0.1) is 28.9 Å². The highest BCUT2D eigenvalue weighted by Crippen LogP contribution is 2.23. The van der Waals surface area contributed by atoms with Gasteiger partial charge in [-0.2, -0.15) is 0 Å². The predicted molar refractivity (Wildman–Crippen MR) is 129 cm³/mol. The first kappa shape index (κ1) is 23.8. The molecule has 2 amide bonds. The molecule has 0 saturated heterocycles.